The number of piperazine rings is 1. The number of amides is 3. The molecule has 0 radical (unpaired) electrons. The Morgan fingerprint density at radius 1 is 0.935 bits per heavy atom. The highest BCUT2D eigenvalue weighted by atomic mass is 16.2. The lowest BCUT2D eigenvalue weighted by Crippen LogP contribution is -2.52. The number of carbonyl (C=O) groups excluding carboxylic acids is 2. The van der Waals surface area contributed by atoms with E-state index < -0.39 is 0 Å². The second kappa shape index (κ2) is 8.79. The van der Waals surface area contributed by atoms with Gasteiger partial charge in [0, 0.05) is 51.5 Å². The lowest BCUT2D eigenvalue weighted by atomic mass is 9.76. The zero-order valence-corrected chi connectivity index (χ0v) is 19.5. The summed E-state index contributed by atoms with van der Waals surface area (Å²) in [7, 11) is 4.20. The first kappa shape index (κ1) is 22.1. The molecule has 1 aromatic rings. The molecule has 3 aliphatic rings. The molecule has 0 aromatic heterocycles. The molecule has 1 unspecified atom stereocenters. The maximum Gasteiger partial charge on any atom is 0.321 e. The van der Waals surface area contributed by atoms with E-state index in [4.69, 9.17) is 0 Å². The molecule has 3 saturated heterocycles. The molecule has 3 amide bonds. The predicted molar refractivity (Wildman–Crippen MR) is 123 cm³/mol. The number of nitrogens with one attached hydrogen (secondary N) is 1. The number of likely N-dealkylation sites (tertiary alicyclic amines) is 2. The van der Waals surface area contributed by atoms with Gasteiger partial charge in [0.05, 0.1) is 6.04 Å². The normalized spacial score (nSPS) is 24.6. The minimum Gasteiger partial charge on any atom is -0.339 e. The lowest BCUT2D eigenvalue weighted by Gasteiger charge is -2.39. The Hall–Kier alpha value is -2.12. The number of anilines is 1. The van der Waals surface area contributed by atoms with Crippen LogP contribution in [0.1, 0.15) is 30.4 Å². The van der Waals surface area contributed by atoms with Crippen LogP contribution in [0, 0.1) is 19.3 Å². The highest BCUT2D eigenvalue weighted by Crippen LogP contribution is 2.43. The Bertz CT molecular complexity index is 825. The van der Waals surface area contributed by atoms with E-state index in [1.807, 2.05) is 28.0 Å². The van der Waals surface area contributed by atoms with Gasteiger partial charge in [-0.25, -0.2) is 4.79 Å². The van der Waals surface area contributed by atoms with Gasteiger partial charge < -0.3 is 20.0 Å². The van der Waals surface area contributed by atoms with E-state index in [1.165, 1.54) is 11.1 Å². The Morgan fingerprint density at radius 3 is 2.26 bits per heavy atom. The van der Waals surface area contributed by atoms with Gasteiger partial charge in [-0.2, -0.15) is 0 Å². The van der Waals surface area contributed by atoms with Crippen LogP contribution in [0.2, 0.25) is 0 Å². The molecular weight excluding hydrogens is 390 g/mol. The highest BCUT2D eigenvalue weighted by Gasteiger charge is 2.48. The van der Waals surface area contributed by atoms with Crippen LogP contribution in [0.3, 0.4) is 0 Å². The smallest absolute Gasteiger partial charge is 0.321 e. The van der Waals surface area contributed by atoms with Gasteiger partial charge >= 0.3 is 6.03 Å². The van der Waals surface area contributed by atoms with Gasteiger partial charge in [0.15, 0.2) is 0 Å². The molecule has 3 heterocycles. The zero-order valence-electron chi connectivity index (χ0n) is 19.5. The zero-order chi connectivity index (χ0) is 22.2. The van der Waals surface area contributed by atoms with Crippen LogP contribution < -0.4 is 5.32 Å². The van der Waals surface area contributed by atoms with Gasteiger partial charge in [0.2, 0.25) is 5.91 Å². The Morgan fingerprint density at radius 2 is 1.61 bits per heavy atom. The van der Waals surface area contributed by atoms with Crippen LogP contribution in [0.4, 0.5) is 10.5 Å². The number of benzene rings is 1. The number of likely N-dealkylation sites (N-methyl/N-ethyl adjacent to an activating group) is 2. The molecule has 4 rings (SSSR count). The number of piperidine rings is 1. The number of rotatable bonds is 2. The molecule has 170 valence electrons. The molecule has 1 aromatic carbocycles. The minimum absolute atomic E-state index is 0.0145. The van der Waals surface area contributed by atoms with Crippen LogP contribution >= 0.6 is 0 Å². The molecule has 0 aliphatic carbocycles. The SMILES string of the molecule is Cc1ccc(NC(=O)N2CCC3(CC2)CC(C(=O)N2CCN(C)CC2)N(C)C3)cc1C. The number of aryl methyl sites for hydroxylation is 2. The molecule has 1 atom stereocenters. The first-order valence-electron chi connectivity index (χ1n) is 11.6. The average Bonchev–Trinajstić information content (AvgIpc) is 3.07. The number of urea groups is 1. The van der Waals surface area contributed by atoms with Crippen LogP contribution in [0.25, 0.3) is 0 Å². The van der Waals surface area contributed by atoms with Crippen molar-refractivity contribution in [2.24, 2.45) is 5.41 Å². The quantitative estimate of drug-likeness (QED) is 0.787. The van der Waals surface area contributed by atoms with E-state index in [2.05, 4.69) is 43.1 Å². The summed E-state index contributed by atoms with van der Waals surface area (Å²) in [5.41, 5.74) is 3.41. The topological polar surface area (TPSA) is 59.1 Å². The molecular formula is C24H37N5O2. The second-order valence-corrected chi connectivity index (χ2v) is 9.98. The van der Waals surface area contributed by atoms with Crippen molar-refractivity contribution in [1.29, 1.82) is 0 Å². The average molecular weight is 428 g/mol. The van der Waals surface area contributed by atoms with Gasteiger partial charge in [-0.3, -0.25) is 9.69 Å². The Kier molecular flexibility index (Phi) is 6.26. The molecule has 7 nitrogen and oxygen atoms in total. The monoisotopic (exact) mass is 427 g/mol. The minimum atomic E-state index is -0.0190. The van der Waals surface area contributed by atoms with Crippen LogP contribution in [-0.2, 0) is 4.79 Å². The Labute approximate surface area is 186 Å². The predicted octanol–water partition coefficient (Wildman–Crippen LogP) is 2.40. The Balaban J connectivity index is 1.32. The van der Waals surface area contributed by atoms with E-state index in [-0.39, 0.29) is 17.5 Å². The van der Waals surface area contributed by atoms with Crippen molar-refractivity contribution in [3.8, 4) is 0 Å². The molecule has 3 aliphatic heterocycles. The van der Waals surface area contributed by atoms with E-state index in [9.17, 15) is 9.59 Å². The summed E-state index contributed by atoms with van der Waals surface area (Å²) in [5.74, 6) is 0.294. The van der Waals surface area contributed by atoms with E-state index >= 15 is 0 Å². The molecule has 3 fully saturated rings. The number of hydrogen-bond donors (Lipinski definition) is 1. The van der Waals surface area contributed by atoms with Gasteiger partial charge in [0.25, 0.3) is 0 Å². The lowest BCUT2D eigenvalue weighted by molar-refractivity contribution is -0.137. The summed E-state index contributed by atoms with van der Waals surface area (Å²) in [6, 6.07) is 6.00. The first-order valence-corrected chi connectivity index (χ1v) is 11.6. The molecule has 31 heavy (non-hydrogen) atoms. The van der Waals surface area contributed by atoms with E-state index in [0.717, 1.165) is 70.8 Å². The molecule has 0 bridgehead atoms. The van der Waals surface area contributed by atoms with Crippen LogP contribution in [-0.4, -0.2) is 97.5 Å². The molecule has 1 N–H and O–H groups in total. The largest absolute Gasteiger partial charge is 0.339 e. The number of nitrogens with zero attached hydrogens (tertiary/aromatic N) is 4. The van der Waals surface area contributed by atoms with Crippen molar-refractivity contribution < 1.29 is 9.59 Å². The van der Waals surface area contributed by atoms with Gasteiger partial charge in [-0.05, 0) is 75.9 Å². The van der Waals surface area contributed by atoms with Crippen molar-refractivity contribution in [2.45, 2.75) is 39.2 Å². The molecule has 1 spiro atoms. The van der Waals surface area contributed by atoms with Crippen molar-refractivity contribution in [1.82, 2.24) is 19.6 Å². The third kappa shape index (κ3) is 4.72. The summed E-state index contributed by atoms with van der Waals surface area (Å²) < 4.78 is 0. The van der Waals surface area contributed by atoms with Crippen molar-refractivity contribution in [2.75, 3.05) is 65.2 Å². The fourth-order valence-electron chi connectivity index (χ4n) is 5.35. The molecule has 0 saturated carbocycles. The van der Waals surface area contributed by atoms with Crippen molar-refractivity contribution in [3.05, 3.63) is 29.3 Å². The standard InChI is InChI=1S/C24H37N5O2/c1-18-5-6-20(15-19(18)2)25-23(31)29-9-7-24(8-10-29)16-21(27(4)17-24)22(30)28-13-11-26(3)12-14-28/h5-6,15,21H,7-14,16-17H2,1-4H3,(H,25,31). The van der Waals surface area contributed by atoms with Gasteiger partial charge in [-0.15, -0.1) is 0 Å². The highest BCUT2D eigenvalue weighted by molar-refractivity contribution is 5.89. The van der Waals surface area contributed by atoms with Crippen LogP contribution in [0.15, 0.2) is 18.2 Å². The third-order valence-electron chi connectivity index (χ3n) is 7.71. The second-order valence-electron chi connectivity index (χ2n) is 9.98. The van der Waals surface area contributed by atoms with E-state index in [1.54, 1.807) is 0 Å². The summed E-state index contributed by atoms with van der Waals surface area (Å²) in [6.45, 7) is 10.2. The third-order valence-corrected chi connectivity index (χ3v) is 7.71. The van der Waals surface area contributed by atoms with E-state index in [0.29, 0.717) is 5.91 Å². The fraction of sp³-hybridized carbons (Fsp3) is 0.667. The van der Waals surface area contributed by atoms with Crippen molar-refractivity contribution in [3.63, 3.8) is 0 Å². The number of hydrogen-bond acceptors (Lipinski definition) is 4. The summed E-state index contributed by atoms with van der Waals surface area (Å²) >= 11 is 0. The maximum absolute atomic E-state index is 13.2. The fourth-order valence-corrected chi connectivity index (χ4v) is 5.35. The number of carbonyl (C=O) groups is 2. The molecule has 7 heteroatoms. The summed E-state index contributed by atoms with van der Waals surface area (Å²) in [6.07, 6.45) is 2.84. The summed E-state index contributed by atoms with van der Waals surface area (Å²) in [5, 5.41) is 3.05. The van der Waals surface area contributed by atoms with Gasteiger partial charge in [-0.1, -0.05) is 6.07 Å². The van der Waals surface area contributed by atoms with Crippen LogP contribution in [0.5, 0.6) is 0 Å². The maximum atomic E-state index is 13.2. The van der Waals surface area contributed by atoms with Gasteiger partial charge in [0.1, 0.15) is 0 Å². The first-order chi connectivity index (χ1) is 14.8. The van der Waals surface area contributed by atoms with Crippen molar-refractivity contribution >= 4 is 17.6 Å². The summed E-state index contributed by atoms with van der Waals surface area (Å²) in [4.78, 5) is 34.4.